The van der Waals surface area contributed by atoms with Gasteiger partial charge >= 0.3 is 18.3 Å². The van der Waals surface area contributed by atoms with Gasteiger partial charge in [-0.1, -0.05) is 12.1 Å². The van der Waals surface area contributed by atoms with Gasteiger partial charge in [-0.15, -0.1) is 0 Å². The fraction of sp³-hybridized carbons (Fsp3) is 0.440. The van der Waals surface area contributed by atoms with Crippen molar-refractivity contribution in [2.75, 3.05) is 13.7 Å². The Morgan fingerprint density at radius 3 is 2.08 bits per heavy atom. The molecule has 0 bridgehead atoms. The van der Waals surface area contributed by atoms with E-state index in [0.717, 1.165) is 7.11 Å². The molecule has 0 N–H and O–H groups in total. The summed E-state index contributed by atoms with van der Waals surface area (Å²) in [7, 11) is 1.15. The lowest BCUT2D eigenvalue weighted by atomic mass is 9.86. The minimum Gasteiger partial charge on any atom is -0.468 e. The second kappa shape index (κ2) is 9.62. The van der Waals surface area contributed by atoms with Crippen LogP contribution >= 0.6 is 0 Å². The number of rotatable bonds is 5. The summed E-state index contributed by atoms with van der Waals surface area (Å²) in [6.07, 6.45) is -12.0. The SMILES string of the molecule is COC(=O)C1CC2C(c3ccc(F)cc3)[C@@H](O[C@H](C)c3cc(C(F)(F)F)cc(C(F)(F)F)c3)CN2C1=O. The fourth-order valence-electron chi connectivity index (χ4n) is 5.10. The van der Waals surface area contributed by atoms with Crippen LogP contribution in [0.15, 0.2) is 42.5 Å². The zero-order valence-corrected chi connectivity index (χ0v) is 19.6. The molecule has 2 aromatic rings. The number of benzene rings is 2. The van der Waals surface area contributed by atoms with Crippen molar-refractivity contribution < 1.29 is 49.8 Å². The Hall–Kier alpha value is -3.15. The first-order valence-electron chi connectivity index (χ1n) is 11.3. The summed E-state index contributed by atoms with van der Waals surface area (Å²) in [6.45, 7) is 1.26. The van der Waals surface area contributed by atoms with Crippen molar-refractivity contribution in [3.8, 4) is 0 Å². The van der Waals surface area contributed by atoms with Gasteiger partial charge in [0.15, 0.2) is 0 Å². The quantitative estimate of drug-likeness (QED) is 0.290. The summed E-state index contributed by atoms with van der Waals surface area (Å²) in [5.41, 5.74) is -2.73. The predicted octanol–water partition coefficient (Wildman–Crippen LogP) is 5.50. The number of nitrogens with zero attached hydrogens (tertiary/aromatic N) is 1. The molecule has 0 aromatic heterocycles. The highest BCUT2D eigenvalue weighted by atomic mass is 19.4. The van der Waals surface area contributed by atoms with Crippen LogP contribution in [0.4, 0.5) is 30.7 Å². The van der Waals surface area contributed by atoms with Crippen LogP contribution < -0.4 is 0 Å². The maximum atomic E-state index is 13.6. The topological polar surface area (TPSA) is 55.8 Å². The van der Waals surface area contributed by atoms with Crippen molar-refractivity contribution in [2.24, 2.45) is 5.92 Å². The molecule has 2 heterocycles. The monoisotopic (exact) mass is 533 g/mol. The number of ether oxygens (including phenoxy) is 2. The van der Waals surface area contributed by atoms with Crippen LogP contribution in [0.5, 0.6) is 0 Å². The highest BCUT2D eigenvalue weighted by Crippen LogP contribution is 2.46. The van der Waals surface area contributed by atoms with Crippen molar-refractivity contribution in [1.82, 2.24) is 4.90 Å². The molecule has 12 heteroatoms. The molecule has 37 heavy (non-hydrogen) atoms. The van der Waals surface area contributed by atoms with Gasteiger partial charge in [0.05, 0.1) is 30.4 Å². The average Bonchev–Trinajstić information content (AvgIpc) is 3.33. The molecular formula is C25H22F7NO4. The van der Waals surface area contributed by atoms with Gasteiger partial charge in [-0.3, -0.25) is 9.59 Å². The highest BCUT2D eigenvalue weighted by Gasteiger charge is 2.55. The number of fused-ring (bicyclic) bond motifs is 1. The molecule has 1 amide bonds. The Kier molecular flexibility index (Phi) is 7.00. The summed E-state index contributed by atoms with van der Waals surface area (Å²) in [5, 5.41) is 0. The molecular weight excluding hydrogens is 511 g/mol. The Morgan fingerprint density at radius 2 is 1.57 bits per heavy atom. The van der Waals surface area contributed by atoms with Crippen LogP contribution in [-0.2, 0) is 31.4 Å². The third kappa shape index (κ3) is 5.29. The number of amides is 1. The second-order valence-corrected chi connectivity index (χ2v) is 9.10. The maximum Gasteiger partial charge on any atom is 0.416 e. The van der Waals surface area contributed by atoms with Crippen LogP contribution in [0.3, 0.4) is 0 Å². The van der Waals surface area contributed by atoms with E-state index < -0.39 is 71.3 Å². The van der Waals surface area contributed by atoms with Gasteiger partial charge in [-0.25, -0.2) is 4.39 Å². The minimum absolute atomic E-state index is 0.0365. The summed E-state index contributed by atoms with van der Waals surface area (Å²) >= 11 is 0. The van der Waals surface area contributed by atoms with E-state index in [9.17, 15) is 40.3 Å². The molecule has 5 atom stereocenters. The van der Waals surface area contributed by atoms with Gasteiger partial charge in [0.2, 0.25) is 5.91 Å². The molecule has 2 saturated heterocycles. The van der Waals surface area contributed by atoms with Crippen LogP contribution in [0.25, 0.3) is 0 Å². The summed E-state index contributed by atoms with van der Waals surface area (Å²) < 4.78 is 104. The van der Waals surface area contributed by atoms with Gasteiger partial charge in [-0.2, -0.15) is 26.3 Å². The molecule has 2 fully saturated rings. The van der Waals surface area contributed by atoms with E-state index in [1.54, 1.807) is 0 Å². The van der Waals surface area contributed by atoms with Crippen molar-refractivity contribution in [2.45, 2.75) is 49.9 Å². The lowest BCUT2D eigenvalue weighted by molar-refractivity contribution is -0.151. The average molecular weight is 533 g/mol. The number of carbonyl (C=O) groups excluding carboxylic acids is 2. The van der Waals surface area contributed by atoms with Crippen molar-refractivity contribution >= 4 is 11.9 Å². The van der Waals surface area contributed by atoms with Gasteiger partial charge in [0, 0.05) is 18.5 Å². The van der Waals surface area contributed by atoms with Crippen molar-refractivity contribution in [1.29, 1.82) is 0 Å². The lowest BCUT2D eigenvalue weighted by Crippen LogP contribution is -2.33. The van der Waals surface area contributed by atoms with Crippen LogP contribution in [-0.4, -0.2) is 42.6 Å². The number of methoxy groups -OCH3 is 1. The molecule has 0 spiro atoms. The van der Waals surface area contributed by atoms with Gasteiger partial charge in [0.25, 0.3) is 0 Å². The van der Waals surface area contributed by atoms with E-state index in [4.69, 9.17) is 9.47 Å². The van der Waals surface area contributed by atoms with E-state index in [1.165, 1.54) is 36.1 Å². The Bertz CT molecular complexity index is 1150. The minimum atomic E-state index is -5.02. The molecule has 2 aromatic carbocycles. The number of hydrogen-bond acceptors (Lipinski definition) is 4. The van der Waals surface area contributed by atoms with Crippen LogP contribution in [0.2, 0.25) is 0 Å². The first-order chi connectivity index (χ1) is 17.2. The molecule has 2 aliphatic rings. The smallest absolute Gasteiger partial charge is 0.416 e. The number of esters is 1. The summed E-state index contributed by atoms with van der Waals surface area (Å²) in [4.78, 5) is 26.4. The van der Waals surface area contributed by atoms with Crippen LogP contribution in [0.1, 0.15) is 47.6 Å². The van der Waals surface area contributed by atoms with E-state index in [2.05, 4.69) is 0 Å². The number of alkyl halides is 6. The Morgan fingerprint density at radius 1 is 1.00 bits per heavy atom. The molecule has 2 aliphatic heterocycles. The van der Waals surface area contributed by atoms with E-state index in [1.807, 2.05) is 0 Å². The van der Waals surface area contributed by atoms with Crippen molar-refractivity contribution in [3.63, 3.8) is 0 Å². The molecule has 3 unspecified atom stereocenters. The van der Waals surface area contributed by atoms with Crippen LogP contribution in [0, 0.1) is 11.7 Å². The summed E-state index contributed by atoms with van der Waals surface area (Å²) in [5.74, 6) is -3.42. The zero-order valence-electron chi connectivity index (χ0n) is 19.6. The Labute approximate surface area is 207 Å². The molecule has 0 saturated carbocycles. The number of hydrogen-bond donors (Lipinski definition) is 0. The number of halogens is 7. The van der Waals surface area contributed by atoms with E-state index in [-0.39, 0.29) is 24.6 Å². The summed E-state index contributed by atoms with van der Waals surface area (Å²) in [6, 6.07) is 5.98. The molecule has 200 valence electrons. The second-order valence-electron chi connectivity index (χ2n) is 9.10. The first kappa shape index (κ1) is 26.9. The Balaban J connectivity index is 1.67. The molecule has 5 nitrogen and oxygen atoms in total. The van der Waals surface area contributed by atoms with Crippen molar-refractivity contribution in [3.05, 3.63) is 70.5 Å². The molecule has 0 radical (unpaired) electrons. The van der Waals surface area contributed by atoms with E-state index in [0.29, 0.717) is 17.7 Å². The third-order valence-corrected chi connectivity index (χ3v) is 6.85. The van der Waals surface area contributed by atoms with Gasteiger partial charge in [-0.05, 0) is 54.8 Å². The molecule has 0 aliphatic carbocycles. The highest BCUT2D eigenvalue weighted by molar-refractivity contribution is 6.00. The predicted molar refractivity (Wildman–Crippen MR) is 114 cm³/mol. The third-order valence-electron chi connectivity index (χ3n) is 6.85. The fourth-order valence-corrected chi connectivity index (χ4v) is 5.10. The zero-order chi connectivity index (χ0) is 27.3. The van der Waals surface area contributed by atoms with Gasteiger partial charge < -0.3 is 14.4 Å². The van der Waals surface area contributed by atoms with E-state index >= 15 is 0 Å². The standard InChI is InChI=1S/C25H22F7NO4/c1-12(14-7-15(24(27,28)29)9-16(8-14)25(30,31)32)37-20-11-33-19(10-18(22(33)34)23(35)36-2)21(20)13-3-5-17(26)6-4-13/h3-9,12,18-21H,10-11H2,1-2H3/t12-,18?,19?,20+,21?/m1/s1. The van der Waals surface area contributed by atoms with Gasteiger partial charge in [0.1, 0.15) is 11.7 Å². The normalized spacial score (nSPS) is 24.8. The first-order valence-corrected chi connectivity index (χ1v) is 11.3. The largest absolute Gasteiger partial charge is 0.468 e. The number of carbonyl (C=O) groups is 2. The molecule has 4 rings (SSSR count). The maximum absolute atomic E-state index is 13.6. The lowest BCUT2D eigenvalue weighted by Gasteiger charge is -2.27.